The minimum atomic E-state index is 0.221. The summed E-state index contributed by atoms with van der Waals surface area (Å²) >= 11 is 0. The zero-order valence-electron chi connectivity index (χ0n) is 11.4. The van der Waals surface area contributed by atoms with Crippen LogP contribution in [0.25, 0.3) is 0 Å². The van der Waals surface area contributed by atoms with Gasteiger partial charge in [-0.2, -0.15) is 0 Å². The molecule has 0 saturated carbocycles. The van der Waals surface area contributed by atoms with Crippen LogP contribution < -0.4 is 5.32 Å². The molecule has 0 aromatic heterocycles. The van der Waals surface area contributed by atoms with Crippen molar-refractivity contribution in [2.45, 2.75) is 53.0 Å². The molecule has 2 nitrogen and oxygen atoms in total. The lowest BCUT2D eigenvalue weighted by molar-refractivity contribution is 0.122. The molecule has 0 spiro atoms. The van der Waals surface area contributed by atoms with Crippen LogP contribution in [0.3, 0.4) is 0 Å². The van der Waals surface area contributed by atoms with E-state index in [1.165, 1.54) is 12.8 Å². The van der Waals surface area contributed by atoms with Crippen LogP contribution in [0.4, 0.5) is 0 Å². The largest absolute Gasteiger partial charge is 0.384 e. The van der Waals surface area contributed by atoms with Gasteiger partial charge >= 0.3 is 0 Å². The van der Waals surface area contributed by atoms with Gasteiger partial charge in [-0.1, -0.05) is 20.3 Å². The number of nitrogens with one attached hydrogen (secondary N) is 1. The molecule has 0 aliphatic carbocycles. The third kappa shape index (κ3) is 7.80. The van der Waals surface area contributed by atoms with Crippen LogP contribution in [-0.2, 0) is 4.74 Å². The highest BCUT2D eigenvalue weighted by Crippen LogP contribution is 2.18. The molecule has 0 amide bonds. The predicted octanol–water partition coefficient (Wildman–Crippen LogP) is 3.07. The van der Waals surface area contributed by atoms with Crippen molar-refractivity contribution in [2.75, 3.05) is 20.3 Å². The lowest BCUT2D eigenvalue weighted by Crippen LogP contribution is -2.41. The fourth-order valence-electron chi connectivity index (χ4n) is 1.79. The summed E-state index contributed by atoms with van der Waals surface area (Å²) < 4.78 is 5.24. The van der Waals surface area contributed by atoms with E-state index in [-0.39, 0.29) is 5.54 Å². The van der Waals surface area contributed by atoms with Crippen molar-refractivity contribution in [1.29, 1.82) is 0 Å². The number of hydrogen-bond acceptors (Lipinski definition) is 2. The van der Waals surface area contributed by atoms with Gasteiger partial charge in [0.25, 0.3) is 0 Å². The number of methoxy groups -OCH3 is 1. The maximum absolute atomic E-state index is 5.24. The second-order valence-corrected chi connectivity index (χ2v) is 5.61. The van der Waals surface area contributed by atoms with Crippen LogP contribution in [0.2, 0.25) is 0 Å². The molecule has 0 radical (unpaired) electrons. The molecule has 0 aromatic rings. The van der Waals surface area contributed by atoms with E-state index in [1.807, 2.05) is 0 Å². The third-order valence-electron chi connectivity index (χ3n) is 2.79. The van der Waals surface area contributed by atoms with Crippen molar-refractivity contribution in [3.05, 3.63) is 0 Å². The molecule has 92 valence electrons. The molecule has 0 bridgehead atoms. The van der Waals surface area contributed by atoms with E-state index in [4.69, 9.17) is 4.74 Å². The Morgan fingerprint density at radius 3 is 2.27 bits per heavy atom. The fraction of sp³-hybridized carbons (Fsp3) is 1.00. The second-order valence-electron chi connectivity index (χ2n) is 5.61. The molecule has 0 heterocycles. The zero-order valence-corrected chi connectivity index (χ0v) is 11.4. The summed E-state index contributed by atoms with van der Waals surface area (Å²) in [7, 11) is 1.79. The van der Waals surface area contributed by atoms with Gasteiger partial charge in [-0.05, 0) is 45.6 Å². The van der Waals surface area contributed by atoms with E-state index in [2.05, 4.69) is 39.9 Å². The standard InChI is InChI=1S/C13H29NO/c1-7-8-12(11(2)10-15-6)9-14-13(3,4)5/h11-12,14H,7-10H2,1-6H3. The minimum absolute atomic E-state index is 0.221. The van der Waals surface area contributed by atoms with Gasteiger partial charge in [0.2, 0.25) is 0 Å². The molecular weight excluding hydrogens is 186 g/mol. The Balaban J connectivity index is 4.03. The molecule has 2 atom stereocenters. The van der Waals surface area contributed by atoms with E-state index < -0.39 is 0 Å². The Morgan fingerprint density at radius 2 is 1.87 bits per heavy atom. The van der Waals surface area contributed by atoms with Crippen molar-refractivity contribution in [3.8, 4) is 0 Å². The Morgan fingerprint density at radius 1 is 1.27 bits per heavy atom. The summed E-state index contributed by atoms with van der Waals surface area (Å²) in [5, 5.41) is 3.59. The Hall–Kier alpha value is -0.0800. The van der Waals surface area contributed by atoms with Gasteiger partial charge in [0.1, 0.15) is 0 Å². The Labute approximate surface area is 95.8 Å². The van der Waals surface area contributed by atoms with E-state index in [1.54, 1.807) is 7.11 Å². The zero-order chi connectivity index (χ0) is 11.9. The first-order chi connectivity index (χ1) is 6.90. The third-order valence-corrected chi connectivity index (χ3v) is 2.79. The highest BCUT2D eigenvalue weighted by molar-refractivity contribution is 4.75. The van der Waals surface area contributed by atoms with Gasteiger partial charge < -0.3 is 10.1 Å². The maximum atomic E-state index is 5.24. The lowest BCUT2D eigenvalue weighted by Gasteiger charge is -2.28. The normalized spacial score (nSPS) is 16.4. The van der Waals surface area contributed by atoms with E-state index in [9.17, 15) is 0 Å². The number of ether oxygens (including phenoxy) is 1. The van der Waals surface area contributed by atoms with Crippen LogP contribution in [0.15, 0.2) is 0 Å². The molecule has 0 fully saturated rings. The van der Waals surface area contributed by atoms with Crippen LogP contribution in [-0.4, -0.2) is 25.8 Å². The molecule has 0 aliphatic heterocycles. The van der Waals surface area contributed by atoms with E-state index >= 15 is 0 Å². The van der Waals surface area contributed by atoms with Crippen molar-refractivity contribution >= 4 is 0 Å². The van der Waals surface area contributed by atoms with Gasteiger partial charge in [-0.25, -0.2) is 0 Å². The van der Waals surface area contributed by atoms with E-state index in [0.29, 0.717) is 5.92 Å². The molecule has 1 N–H and O–H groups in total. The van der Waals surface area contributed by atoms with Crippen LogP contribution >= 0.6 is 0 Å². The number of hydrogen-bond donors (Lipinski definition) is 1. The van der Waals surface area contributed by atoms with Crippen LogP contribution in [0, 0.1) is 11.8 Å². The molecule has 2 unspecified atom stereocenters. The predicted molar refractivity (Wildman–Crippen MR) is 67.2 cm³/mol. The van der Waals surface area contributed by atoms with Gasteiger partial charge in [0.15, 0.2) is 0 Å². The van der Waals surface area contributed by atoms with Crippen molar-refractivity contribution in [2.24, 2.45) is 11.8 Å². The fourth-order valence-corrected chi connectivity index (χ4v) is 1.79. The molecule has 2 heteroatoms. The minimum Gasteiger partial charge on any atom is -0.384 e. The highest BCUT2D eigenvalue weighted by atomic mass is 16.5. The summed E-state index contributed by atoms with van der Waals surface area (Å²) in [5.74, 6) is 1.37. The van der Waals surface area contributed by atoms with Crippen molar-refractivity contribution in [3.63, 3.8) is 0 Å². The summed E-state index contributed by atoms with van der Waals surface area (Å²) in [6, 6.07) is 0. The quantitative estimate of drug-likeness (QED) is 0.704. The summed E-state index contributed by atoms with van der Waals surface area (Å²) in [6.07, 6.45) is 2.54. The Kier molecular flexibility index (Phi) is 7.20. The smallest absolute Gasteiger partial charge is 0.0490 e. The first-order valence-corrected chi connectivity index (χ1v) is 6.14. The van der Waals surface area contributed by atoms with Crippen molar-refractivity contribution in [1.82, 2.24) is 5.32 Å². The second kappa shape index (κ2) is 7.24. The van der Waals surface area contributed by atoms with Gasteiger partial charge in [0.05, 0.1) is 0 Å². The van der Waals surface area contributed by atoms with Gasteiger partial charge in [-0.3, -0.25) is 0 Å². The molecular formula is C13H29NO. The monoisotopic (exact) mass is 215 g/mol. The van der Waals surface area contributed by atoms with Crippen LogP contribution in [0.5, 0.6) is 0 Å². The summed E-state index contributed by atoms with van der Waals surface area (Å²) in [6.45, 7) is 13.2. The van der Waals surface area contributed by atoms with Gasteiger partial charge in [-0.15, -0.1) is 0 Å². The average Bonchev–Trinajstić information content (AvgIpc) is 2.11. The summed E-state index contributed by atoms with van der Waals surface area (Å²) in [4.78, 5) is 0. The highest BCUT2D eigenvalue weighted by Gasteiger charge is 2.18. The molecule has 15 heavy (non-hydrogen) atoms. The van der Waals surface area contributed by atoms with Gasteiger partial charge in [0, 0.05) is 19.3 Å². The maximum Gasteiger partial charge on any atom is 0.0490 e. The van der Waals surface area contributed by atoms with Crippen LogP contribution in [0.1, 0.15) is 47.5 Å². The molecule has 0 aromatic carbocycles. The lowest BCUT2D eigenvalue weighted by atomic mass is 9.89. The summed E-state index contributed by atoms with van der Waals surface area (Å²) in [5.41, 5.74) is 0.221. The topological polar surface area (TPSA) is 21.3 Å². The van der Waals surface area contributed by atoms with Crippen molar-refractivity contribution < 1.29 is 4.74 Å². The first-order valence-electron chi connectivity index (χ1n) is 6.14. The SMILES string of the molecule is CCCC(CNC(C)(C)C)C(C)COC. The molecule has 0 saturated heterocycles. The first kappa shape index (κ1) is 14.9. The molecule has 0 rings (SSSR count). The Bertz CT molecular complexity index is 151. The van der Waals surface area contributed by atoms with E-state index in [0.717, 1.165) is 19.1 Å². The average molecular weight is 215 g/mol. The molecule has 0 aliphatic rings. The number of rotatable bonds is 7.